The molecule has 1 aromatic heterocycles. The van der Waals surface area contributed by atoms with E-state index in [0.717, 1.165) is 18.8 Å². The highest BCUT2D eigenvalue weighted by atomic mass is 14.7. The van der Waals surface area contributed by atoms with Crippen LogP contribution in [0.3, 0.4) is 0 Å². The van der Waals surface area contributed by atoms with Crippen LogP contribution in [-0.2, 0) is 12.8 Å². The molecule has 2 N–H and O–H groups in total. The molecule has 2 aliphatic rings. The molecular weight excluding hydrogens is 196 g/mol. The van der Waals surface area contributed by atoms with Gasteiger partial charge in [0, 0.05) is 23.9 Å². The second-order valence-electron chi connectivity index (χ2n) is 5.38. The zero-order chi connectivity index (χ0) is 11.0. The molecule has 1 fully saturated rings. The maximum atomic E-state index is 5.99. The van der Waals surface area contributed by atoms with E-state index in [9.17, 15) is 0 Å². The summed E-state index contributed by atoms with van der Waals surface area (Å²) in [6.45, 7) is 0. The van der Waals surface area contributed by atoms with E-state index in [1.165, 1.54) is 48.9 Å². The van der Waals surface area contributed by atoms with Gasteiger partial charge in [0.05, 0.1) is 0 Å². The van der Waals surface area contributed by atoms with Crippen LogP contribution in [0.4, 0.5) is 0 Å². The molecule has 1 aromatic rings. The van der Waals surface area contributed by atoms with Gasteiger partial charge in [-0.2, -0.15) is 0 Å². The van der Waals surface area contributed by atoms with E-state index < -0.39 is 0 Å². The molecule has 0 saturated heterocycles. The fraction of sp³-hybridized carbons (Fsp3) is 0.643. The first-order valence-corrected chi connectivity index (χ1v) is 6.56. The van der Waals surface area contributed by atoms with Gasteiger partial charge < -0.3 is 5.73 Å². The summed E-state index contributed by atoms with van der Waals surface area (Å²) in [6.07, 6.45) is 11.0. The maximum absolute atomic E-state index is 5.99. The van der Waals surface area contributed by atoms with Gasteiger partial charge in [-0.15, -0.1) is 0 Å². The maximum Gasteiger partial charge on any atom is 0.0437 e. The third-order valence-electron chi connectivity index (χ3n) is 4.09. The zero-order valence-corrected chi connectivity index (χ0v) is 9.78. The fourth-order valence-corrected chi connectivity index (χ4v) is 3.18. The number of fused-ring (bicyclic) bond motifs is 1. The molecule has 0 aliphatic heterocycles. The van der Waals surface area contributed by atoms with Gasteiger partial charge >= 0.3 is 0 Å². The Morgan fingerprint density at radius 3 is 2.62 bits per heavy atom. The highest BCUT2D eigenvalue weighted by molar-refractivity contribution is 5.33. The number of aromatic nitrogens is 1. The van der Waals surface area contributed by atoms with Crippen molar-refractivity contribution in [2.45, 2.75) is 56.9 Å². The Labute approximate surface area is 97.3 Å². The molecule has 0 amide bonds. The lowest BCUT2D eigenvalue weighted by Gasteiger charge is -2.21. The Balaban J connectivity index is 1.84. The van der Waals surface area contributed by atoms with Crippen molar-refractivity contribution < 1.29 is 0 Å². The molecule has 0 aromatic carbocycles. The summed E-state index contributed by atoms with van der Waals surface area (Å²) in [5, 5.41) is 0. The summed E-state index contributed by atoms with van der Waals surface area (Å²) >= 11 is 0. The van der Waals surface area contributed by atoms with E-state index in [2.05, 4.69) is 17.2 Å². The number of rotatable bonds is 1. The van der Waals surface area contributed by atoms with Crippen molar-refractivity contribution in [2.75, 3.05) is 0 Å². The number of nitrogens with zero attached hydrogens (tertiary/aromatic N) is 1. The topological polar surface area (TPSA) is 38.9 Å². The minimum Gasteiger partial charge on any atom is -0.327 e. The minimum atomic E-state index is 0.332. The van der Waals surface area contributed by atoms with E-state index in [1.54, 1.807) is 0 Å². The Hall–Kier alpha value is -0.890. The van der Waals surface area contributed by atoms with Crippen molar-refractivity contribution in [3.8, 4) is 0 Å². The number of pyridine rings is 1. The number of hydrogen-bond acceptors (Lipinski definition) is 2. The van der Waals surface area contributed by atoms with E-state index >= 15 is 0 Å². The molecule has 0 bridgehead atoms. The van der Waals surface area contributed by atoms with Gasteiger partial charge in [0.1, 0.15) is 0 Å². The van der Waals surface area contributed by atoms with Crippen molar-refractivity contribution in [1.82, 2.24) is 4.98 Å². The molecule has 16 heavy (non-hydrogen) atoms. The van der Waals surface area contributed by atoms with Crippen LogP contribution in [-0.4, -0.2) is 11.0 Å². The SMILES string of the molecule is NC1Cc2cnc(C3CCCCC3)cc2C1. The largest absolute Gasteiger partial charge is 0.327 e. The van der Waals surface area contributed by atoms with Gasteiger partial charge in [0.15, 0.2) is 0 Å². The monoisotopic (exact) mass is 216 g/mol. The smallest absolute Gasteiger partial charge is 0.0437 e. The van der Waals surface area contributed by atoms with Gasteiger partial charge in [-0.1, -0.05) is 19.3 Å². The molecule has 1 saturated carbocycles. The van der Waals surface area contributed by atoms with Gasteiger partial charge in [-0.05, 0) is 42.9 Å². The van der Waals surface area contributed by atoms with E-state index in [4.69, 9.17) is 5.73 Å². The molecule has 0 spiro atoms. The zero-order valence-electron chi connectivity index (χ0n) is 9.78. The summed E-state index contributed by atoms with van der Waals surface area (Å²) in [4.78, 5) is 4.65. The minimum absolute atomic E-state index is 0.332. The Morgan fingerprint density at radius 2 is 1.81 bits per heavy atom. The van der Waals surface area contributed by atoms with Crippen LogP contribution in [0.15, 0.2) is 12.3 Å². The molecular formula is C14H20N2. The van der Waals surface area contributed by atoms with Crippen LogP contribution in [0.25, 0.3) is 0 Å². The molecule has 3 rings (SSSR count). The van der Waals surface area contributed by atoms with Crippen molar-refractivity contribution in [1.29, 1.82) is 0 Å². The first kappa shape index (κ1) is 10.3. The quantitative estimate of drug-likeness (QED) is 0.783. The normalized spacial score (nSPS) is 25.7. The first-order valence-electron chi connectivity index (χ1n) is 6.56. The average Bonchev–Trinajstić information content (AvgIpc) is 2.69. The van der Waals surface area contributed by atoms with Crippen molar-refractivity contribution in [3.63, 3.8) is 0 Å². The van der Waals surface area contributed by atoms with Crippen LogP contribution in [0.1, 0.15) is 54.8 Å². The van der Waals surface area contributed by atoms with Crippen molar-refractivity contribution >= 4 is 0 Å². The second-order valence-corrected chi connectivity index (χ2v) is 5.38. The van der Waals surface area contributed by atoms with Crippen molar-refractivity contribution in [2.24, 2.45) is 5.73 Å². The second kappa shape index (κ2) is 4.17. The Bertz CT molecular complexity index is 380. The lowest BCUT2D eigenvalue weighted by molar-refractivity contribution is 0.436. The molecule has 2 aliphatic carbocycles. The molecule has 1 unspecified atom stereocenters. The van der Waals surface area contributed by atoms with Crippen molar-refractivity contribution in [3.05, 3.63) is 29.1 Å². The van der Waals surface area contributed by atoms with Gasteiger partial charge in [-0.3, -0.25) is 4.98 Å². The van der Waals surface area contributed by atoms with E-state index in [0.29, 0.717) is 6.04 Å². The molecule has 2 nitrogen and oxygen atoms in total. The van der Waals surface area contributed by atoms with Gasteiger partial charge in [0.25, 0.3) is 0 Å². The molecule has 86 valence electrons. The van der Waals surface area contributed by atoms with Crippen LogP contribution < -0.4 is 5.73 Å². The lowest BCUT2D eigenvalue weighted by Crippen LogP contribution is -2.19. The predicted octanol–water partition coefficient (Wildman–Crippen LogP) is 2.56. The summed E-state index contributed by atoms with van der Waals surface area (Å²) in [7, 11) is 0. The van der Waals surface area contributed by atoms with E-state index in [-0.39, 0.29) is 0 Å². The van der Waals surface area contributed by atoms with Gasteiger partial charge in [-0.25, -0.2) is 0 Å². The van der Waals surface area contributed by atoms with Crippen LogP contribution in [0.5, 0.6) is 0 Å². The third kappa shape index (κ3) is 1.86. The first-order chi connectivity index (χ1) is 7.83. The molecule has 2 heteroatoms. The van der Waals surface area contributed by atoms with Crippen LogP contribution in [0, 0.1) is 0 Å². The van der Waals surface area contributed by atoms with Crippen LogP contribution >= 0.6 is 0 Å². The third-order valence-corrected chi connectivity index (χ3v) is 4.09. The predicted molar refractivity (Wildman–Crippen MR) is 65.4 cm³/mol. The summed E-state index contributed by atoms with van der Waals surface area (Å²) in [5.74, 6) is 0.718. The molecule has 1 atom stereocenters. The number of hydrogen-bond donors (Lipinski definition) is 1. The highest BCUT2D eigenvalue weighted by Crippen LogP contribution is 2.33. The molecule has 1 heterocycles. The van der Waals surface area contributed by atoms with E-state index in [1.807, 2.05) is 0 Å². The number of nitrogens with two attached hydrogens (primary N) is 1. The highest BCUT2D eigenvalue weighted by Gasteiger charge is 2.22. The molecule has 0 radical (unpaired) electrons. The fourth-order valence-electron chi connectivity index (χ4n) is 3.18. The average molecular weight is 216 g/mol. The van der Waals surface area contributed by atoms with Gasteiger partial charge in [0.2, 0.25) is 0 Å². The Morgan fingerprint density at radius 1 is 1.06 bits per heavy atom. The summed E-state index contributed by atoms with van der Waals surface area (Å²) in [5.41, 5.74) is 10.2. The van der Waals surface area contributed by atoms with Crippen LogP contribution in [0.2, 0.25) is 0 Å². The Kier molecular flexibility index (Phi) is 2.68. The standard InChI is InChI=1S/C14H20N2/c15-13-6-11-8-14(16-9-12(11)7-13)10-4-2-1-3-5-10/h8-10,13H,1-7,15H2. The summed E-state index contributed by atoms with van der Waals surface area (Å²) in [6, 6.07) is 2.66. The summed E-state index contributed by atoms with van der Waals surface area (Å²) < 4.78 is 0. The lowest BCUT2D eigenvalue weighted by atomic mass is 9.86.